The largest absolute Gasteiger partial charge is 0.314 e. The van der Waals surface area contributed by atoms with Gasteiger partial charge in [-0.2, -0.15) is 12.7 Å². The maximum absolute atomic E-state index is 12.1. The van der Waals surface area contributed by atoms with E-state index in [1.165, 1.54) is 30.0 Å². The van der Waals surface area contributed by atoms with Gasteiger partial charge >= 0.3 is 0 Å². The Bertz CT molecular complexity index is 362. The molecule has 2 N–H and O–H groups in total. The van der Waals surface area contributed by atoms with Crippen molar-refractivity contribution in [3.05, 3.63) is 0 Å². The maximum atomic E-state index is 12.1. The summed E-state index contributed by atoms with van der Waals surface area (Å²) in [6.45, 7) is 3.89. The molecule has 0 radical (unpaired) electrons. The van der Waals surface area contributed by atoms with E-state index in [4.69, 9.17) is 0 Å². The lowest BCUT2D eigenvalue weighted by molar-refractivity contribution is 0.248. The summed E-state index contributed by atoms with van der Waals surface area (Å²) in [7, 11) is -1.19. The third-order valence-corrected chi connectivity index (χ3v) is 5.73. The Hall–Kier alpha value is -0.210. The van der Waals surface area contributed by atoms with Gasteiger partial charge < -0.3 is 10.2 Å². The van der Waals surface area contributed by atoms with Crippen LogP contribution < -0.4 is 10.0 Å². The van der Waals surface area contributed by atoms with Gasteiger partial charge in [0.05, 0.1) is 0 Å². The summed E-state index contributed by atoms with van der Waals surface area (Å²) in [5.41, 5.74) is 0. The van der Waals surface area contributed by atoms with Crippen LogP contribution in [0.25, 0.3) is 0 Å². The predicted molar refractivity (Wildman–Crippen MR) is 76.3 cm³/mol. The summed E-state index contributed by atoms with van der Waals surface area (Å²) in [5, 5.41) is 3.16. The zero-order valence-corrected chi connectivity index (χ0v) is 12.6. The van der Waals surface area contributed by atoms with Crippen LogP contribution in [0.2, 0.25) is 0 Å². The molecule has 6 nitrogen and oxygen atoms in total. The van der Waals surface area contributed by atoms with Crippen LogP contribution in [0.3, 0.4) is 0 Å². The van der Waals surface area contributed by atoms with Gasteiger partial charge in [-0.3, -0.25) is 0 Å². The Balaban J connectivity index is 1.71. The van der Waals surface area contributed by atoms with Crippen molar-refractivity contribution in [2.45, 2.75) is 31.7 Å². The third-order valence-electron chi connectivity index (χ3n) is 4.11. The standard InChI is InChI=1S/C12H26N4O2S/c1-15(12-4-2-3-5-12)9-8-14-19(17,18)16-10-6-13-7-11-16/h12-14H,2-11H2,1H3. The number of likely N-dealkylation sites (N-methyl/N-ethyl adjacent to an activating group) is 1. The number of nitrogens with zero attached hydrogens (tertiary/aromatic N) is 2. The lowest BCUT2D eigenvalue weighted by Crippen LogP contribution is -2.51. The molecule has 0 aromatic rings. The van der Waals surface area contributed by atoms with Crippen molar-refractivity contribution < 1.29 is 8.42 Å². The average Bonchev–Trinajstić information content (AvgIpc) is 2.93. The van der Waals surface area contributed by atoms with E-state index in [9.17, 15) is 8.42 Å². The highest BCUT2D eigenvalue weighted by Crippen LogP contribution is 2.21. The van der Waals surface area contributed by atoms with E-state index in [1.54, 1.807) is 0 Å². The molecule has 2 aliphatic rings. The highest BCUT2D eigenvalue weighted by Gasteiger charge is 2.24. The van der Waals surface area contributed by atoms with E-state index in [0.29, 0.717) is 25.7 Å². The first-order valence-corrected chi connectivity index (χ1v) is 8.69. The van der Waals surface area contributed by atoms with Crippen LogP contribution >= 0.6 is 0 Å². The Labute approximate surface area is 116 Å². The van der Waals surface area contributed by atoms with Crippen LogP contribution in [-0.4, -0.2) is 70.0 Å². The number of hydrogen-bond donors (Lipinski definition) is 2. The van der Waals surface area contributed by atoms with Gasteiger partial charge in [-0.25, -0.2) is 4.72 Å². The summed E-state index contributed by atoms with van der Waals surface area (Å²) in [6, 6.07) is 0.642. The molecule has 19 heavy (non-hydrogen) atoms. The van der Waals surface area contributed by atoms with E-state index in [2.05, 4.69) is 22.0 Å². The van der Waals surface area contributed by atoms with Gasteiger partial charge in [0.25, 0.3) is 10.2 Å². The molecular weight excluding hydrogens is 264 g/mol. The number of nitrogens with one attached hydrogen (secondary N) is 2. The minimum atomic E-state index is -3.29. The van der Waals surface area contributed by atoms with E-state index >= 15 is 0 Å². The van der Waals surface area contributed by atoms with Gasteiger partial charge in [0.2, 0.25) is 0 Å². The first-order chi connectivity index (χ1) is 9.09. The molecule has 2 rings (SSSR count). The molecule has 1 saturated heterocycles. The average molecular weight is 290 g/mol. The molecule has 0 atom stereocenters. The second kappa shape index (κ2) is 6.99. The Morgan fingerprint density at radius 1 is 1.26 bits per heavy atom. The monoisotopic (exact) mass is 290 g/mol. The van der Waals surface area contributed by atoms with Crippen LogP contribution in [0, 0.1) is 0 Å². The Kier molecular flexibility index (Phi) is 5.58. The van der Waals surface area contributed by atoms with Crippen LogP contribution in [0.4, 0.5) is 0 Å². The summed E-state index contributed by atoms with van der Waals surface area (Å²) in [4.78, 5) is 2.28. The fraction of sp³-hybridized carbons (Fsp3) is 1.00. The van der Waals surface area contributed by atoms with Crippen molar-refractivity contribution in [1.82, 2.24) is 19.2 Å². The minimum absolute atomic E-state index is 0.499. The Morgan fingerprint density at radius 2 is 1.89 bits per heavy atom. The maximum Gasteiger partial charge on any atom is 0.279 e. The predicted octanol–water partition coefficient (Wildman–Crippen LogP) is -0.400. The molecule has 7 heteroatoms. The van der Waals surface area contributed by atoms with Crippen LogP contribution in [0.1, 0.15) is 25.7 Å². The molecule has 0 aromatic carbocycles. The fourth-order valence-corrected chi connectivity index (χ4v) is 4.05. The Morgan fingerprint density at radius 3 is 2.53 bits per heavy atom. The zero-order chi connectivity index (χ0) is 13.7. The quantitative estimate of drug-likeness (QED) is 0.699. The lowest BCUT2D eigenvalue weighted by Gasteiger charge is -2.28. The molecular formula is C12H26N4O2S. The second-order valence-corrected chi connectivity index (χ2v) is 7.22. The summed E-state index contributed by atoms with van der Waals surface area (Å²) in [6.07, 6.45) is 5.12. The molecule has 112 valence electrons. The lowest BCUT2D eigenvalue weighted by atomic mass is 10.2. The SMILES string of the molecule is CN(CCNS(=O)(=O)N1CCNCC1)C1CCCC1. The fourth-order valence-electron chi connectivity index (χ4n) is 2.85. The molecule has 0 aromatic heterocycles. The van der Waals surface area contributed by atoms with Crippen molar-refractivity contribution in [3.63, 3.8) is 0 Å². The van der Waals surface area contributed by atoms with E-state index in [0.717, 1.165) is 19.6 Å². The molecule has 0 amide bonds. The van der Waals surface area contributed by atoms with Gasteiger partial charge in [-0.05, 0) is 19.9 Å². The van der Waals surface area contributed by atoms with Crippen molar-refractivity contribution in [2.75, 3.05) is 46.3 Å². The summed E-state index contributed by atoms with van der Waals surface area (Å²) in [5.74, 6) is 0. The van der Waals surface area contributed by atoms with Crippen molar-refractivity contribution in [3.8, 4) is 0 Å². The third kappa shape index (κ3) is 4.39. The highest BCUT2D eigenvalue weighted by atomic mass is 32.2. The topological polar surface area (TPSA) is 64.7 Å². The van der Waals surface area contributed by atoms with Gasteiger partial charge in [-0.1, -0.05) is 12.8 Å². The van der Waals surface area contributed by atoms with Crippen LogP contribution in [-0.2, 0) is 10.2 Å². The van der Waals surface area contributed by atoms with Gasteiger partial charge in [0, 0.05) is 45.3 Å². The van der Waals surface area contributed by atoms with E-state index < -0.39 is 10.2 Å². The molecule has 1 aliphatic heterocycles. The summed E-state index contributed by atoms with van der Waals surface area (Å²) < 4.78 is 28.4. The van der Waals surface area contributed by atoms with Crippen molar-refractivity contribution >= 4 is 10.2 Å². The van der Waals surface area contributed by atoms with Crippen molar-refractivity contribution in [1.29, 1.82) is 0 Å². The highest BCUT2D eigenvalue weighted by molar-refractivity contribution is 7.87. The van der Waals surface area contributed by atoms with Gasteiger partial charge in [-0.15, -0.1) is 0 Å². The van der Waals surface area contributed by atoms with Gasteiger partial charge in [0.1, 0.15) is 0 Å². The molecule has 0 spiro atoms. The second-order valence-electron chi connectivity index (χ2n) is 5.47. The number of hydrogen-bond acceptors (Lipinski definition) is 4. The number of rotatable bonds is 6. The zero-order valence-electron chi connectivity index (χ0n) is 11.8. The smallest absolute Gasteiger partial charge is 0.279 e. The van der Waals surface area contributed by atoms with Crippen LogP contribution in [0.15, 0.2) is 0 Å². The molecule has 0 unspecified atom stereocenters. The first-order valence-electron chi connectivity index (χ1n) is 7.25. The van der Waals surface area contributed by atoms with Gasteiger partial charge in [0.15, 0.2) is 0 Å². The molecule has 0 bridgehead atoms. The van der Waals surface area contributed by atoms with Crippen molar-refractivity contribution in [2.24, 2.45) is 0 Å². The molecule has 2 fully saturated rings. The molecule has 1 heterocycles. The number of piperazine rings is 1. The van der Waals surface area contributed by atoms with Crippen LogP contribution in [0.5, 0.6) is 0 Å². The molecule has 1 aliphatic carbocycles. The molecule has 1 saturated carbocycles. The van der Waals surface area contributed by atoms with E-state index in [-0.39, 0.29) is 0 Å². The summed E-state index contributed by atoms with van der Waals surface area (Å²) >= 11 is 0. The minimum Gasteiger partial charge on any atom is -0.314 e. The first kappa shape index (κ1) is 15.2. The van der Waals surface area contributed by atoms with E-state index in [1.807, 2.05) is 0 Å². The normalized spacial score (nSPS) is 23.3.